The number of piperidine rings is 1. The molecule has 0 saturated carbocycles. The molecule has 10 heteroatoms. The number of halogens is 1. The van der Waals surface area contributed by atoms with Crippen molar-refractivity contribution in [1.82, 2.24) is 9.03 Å². The van der Waals surface area contributed by atoms with E-state index in [-0.39, 0.29) is 28.9 Å². The number of methoxy groups -OCH3 is 1. The smallest absolute Gasteiger partial charge is 0.243 e. The lowest BCUT2D eigenvalue weighted by molar-refractivity contribution is 0.308. The Bertz CT molecular complexity index is 1030. The van der Waals surface area contributed by atoms with Crippen molar-refractivity contribution in [3.05, 3.63) is 53.0 Å². The van der Waals surface area contributed by atoms with Gasteiger partial charge in [-0.05, 0) is 59.1 Å². The number of sulfonamides is 2. The molecule has 0 amide bonds. The monoisotopic (exact) mass is 488 g/mol. The molecule has 0 aromatic heterocycles. The summed E-state index contributed by atoms with van der Waals surface area (Å²) < 4.78 is 60.4. The van der Waals surface area contributed by atoms with Gasteiger partial charge in [0.15, 0.2) is 0 Å². The maximum absolute atomic E-state index is 12.9. The van der Waals surface area contributed by atoms with Gasteiger partial charge in [0.2, 0.25) is 20.0 Å². The van der Waals surface area contributed by atoms with E-state index in [2.05, 4.69) is 20.7 Å². The van der Waals surface area contributed by atoms with Crippen LogP contribution in [-0.2, 0) is 20.0 Å². The zero-order valence-electron chi connectivity index (χ0n) is 15.2. The Kier molecular flexibility index (Phi) is 6.45. The Morgan fingerprint density at radius 2 is 1.64 bits per heavy atom. The molecule has 0 spiro atoms. The average molecular weight is 489 g/mol. The van der Waals surface area contributed by atoms with Crippen LogP contribution in [0.25, 0.3) is 0 Å². The molecule has 3 rings (SSSR count). The molecular weight excluding hydrogens is 468 g/mol. The van der Waals surface area contributed by atoms with E-state index in [0.717, 1.165) is 0 Å². The topological polar surface area (TPSA) is 92.8 Å². The van der Waals surface area contributed by atoms with Gasteiger partial charge in [-0.15, -0.1) is 0 Å². The Labute approximate surface area is 173 Å². The second-order valence-electron chi connectivity index (χ2n) is 6.41. The van der Waals surface area contributed by atoms with E-state index in [1.807, 2.05) is 0 Å². The fraction of sp³-hybridized carbons (Fsp3) is 0.333. The van der Waals surface area contributed by atoms with Crippen molar-refractivity contribution >= 4 is 36.0 Å². The Hall–Kier alpha value is -1.46. The highest BCUT2D eigenvalue weighted by Gasteiger charge is 2.31. The summed E-state index contributed by atoms with van der Waals surface area (Å²) in [7, 11) is -5.77. The molecule has 1 heterocycles. The third-order valence-electron chi connectivity index (χ3n) is 4.59. The van der Waals surface area contributed by atoms with E-state index in [0.29, 0.717) is 23.1 Å². The van der Waals surface area contributed by atoms with Gasteiger partial charge < -0.3 is 4.74 Å². The van der Waals surface area contributed by atoms with Crippen molar-refractivity contribution in [3.8, 4) is 5.75 Å². The summed E-state index contributed by atoms with van der Waals surface area (Å²) in [6.45, 7) is 0.488. The molecule has 28 heavy (non-hydrogen) atoms. The second-order valence-corrected chi connectivity index (χ2v) is 10.9. The predicted molar refractivity (Wildman–Crippen MR) is 109 cm³/mol. The van der Waals surface area contributed by atoms with E-state index >= 15 is 0 Å². The fourth-order valence-electron chi connectivity index (χ4n) is 3.06. The van der Waals surface area contributed by atoms with Crippen LogP contribution in [0.15, 0.2) is 62.8 Å². The molecule has 0 radical (unpaired) electrons. The number of benzene rings is 2. The van der Waals surface area contributed by atoms with Crippen molar-refractivity contribution < 1.29 is 21.6 Å². The maximum atomic E-state index is 12.9. The van der Waals surface area contributed by atoms with E-state index in [1.54, 1.807) is 24.3 Å². The first kappa shape index (κ1) is 21.3. The molecule has 0 bridgehead atoms. The molecule has 1 fully saturated rings. The Morgan fingerprint density at radius 1 is 1.00 bits per heavy atom. The number of nitrogens with one attached hydrogen (secondary N) is 1. The lowest BCUT2D eigenvalue weighted by Crippen LogP contribution is -2.46. The minimum Gasteiger partial charge on any atom is -0.496 e. The molecule has 1 saturated heterocycles. The molecule has 152 valence electrons. The summed E-state index contributed by atoms with van der Waals surface area (Å²) in [6.07, 6.45) is 0.811. The zero-order valence-corrected chi connectivity index (χ0v) is 18.4. The van der Waals surface area contributed by atoms with E-state index in [9.17, 15) is 16.8 Å². The molecule has 7 nitrogen and oxygen atoms in total. The molecule has 1 aliphatic rings. The van der Waals surface area contributed by atoms with Gasteiger partial charge in [0.25, 0.3) is 0 Å². The lowest BCUT2D eigenvalue weighted by atomic mass is 10.1. The van der Waals surface area contributed by atoms with Gasteiger partial charge >= 0.3 is 0 Å². The molecule has 1 aliphatic heterocycles. The first-order chi connectivity index (χ1) is 13.2. The van der Waals surface area contributed by atoms with Crippen LogP contribution in [0.5, 0.6) is 5.75 Å². The highest BCUT2D eigenvalue weighted by Crippen LogP contribution is 2.30. The number of hydrogen-bond acceptors (Lipinski definition) is 5. The van der Waals surface area contributed by atoms with Crippen LogP contribution in [-0.4, -0.2) is 47.4 Å². The van der Waals surface area contributed by atoms with Gasteiger partial charge in [-0.3, -0.25) is 0 Å². The molecule has 1 N–H and O–H groups in total. The van der Waals surface area contributed by atoms with Crippen molar-refractivity contribution in [3.63, 3.8) is 0 Å². The fourth-order valence-corrected chi connectivity index (χ4v) is 6.57. The van der Waals surface area contributed by atoms with Crippen molar-refractivity contribution in [2.45, 2.75) is 28.7 Å². The lowest BCUT2D eigenvalue weighted by Gasteiger charge is -2.31. The van der Waals surface area contributed by atoms with Crippen LogP contribution in [0.2, 0.25) is 0 Å². The number of ether oxygens (including phenoxy) is 1. The van der Waals surface area contributed by atoms with Gasteiger partial charge in [-0.1, -0.05) is 18.2 Å². The molecular formula is C18H21BrN2O5S2. The second kappa shape index (κ2) is 8.50. The van der Waals surface area contributed by atoms with E-state index in [4.69, 9.17) is 4.74 Å². The van der Waals surface area contributed by atoms with Crippen LogP contribution >= 0.6 is 15.9 Å². The summed E-state index contributed by atoms with van der Waals surface area (Å²) in [5, 5.41) is 0. The first-order valence-corrected chi connectivity index (χ1v) is 12.4. The molecule has 2 aromatic carbocycles. The van der Waals surface area contributed by atoms with Crippen molar-refractivity contribution in [1.29, 1.82) is 0 Å². The van der Waals surface area contributed by atoms with Crippen LogP contribution in [0, 0.1) is 0 Å². The number of hydrogen-bond donors (Lipinski definition) is 1. The van der Waals surface area contributed by atoms with Gasteiger partial charge in [0.1, 0.15) is 5.75 Å². The predicted octanol–water partition coefficient (Wildman–Crippen LogP) is 2.59. The quantitative estimate of drug-likeness (QED) is 0.674. The summed E-state index contributed by atoms with van der Waals surface area (Å²) in [6, 6.07) is 12.4. The normalized spacial score (nSPS) is 16.8. The summed E-state index contributed by atoms with van der Waals surface area (Å²) in [5.41, 5.74) is 0. The van der Waals surface area contributed by atoms with Gasteiger partial charge in [-0.2, -0.15) is 4.31 Å². The summed E-state index contributed by atoms with van der Waals surface area (Å²) >= 11 is 3.30. The average Bonchev–Trinajstić information content (AvgIpc) is 2.68. The third-order valence-corrected chi connectivity index (χ3v) is 8.64. The van der Waals surface area contributed by atoms with Crippen molar-refractivity contribution in [2.75, 3.05) is 20.2 Å². The number of nitrogens with zero attached hydrogens (tertiary/aromatic N) is 1. The molecule has 0 unspecified atom stereocenters. The molecule has 0 atom stereocenters. The maximum Gasteiger partial charge on any atom is 0.243 e. The standard InChI is InChI=1S/C18H21BrN2O5S2/c1-26-18-8-7-16(13-17(18)19)28(24,25)21-11-9-14(10-12-21)20-27(22,23)15-5-3-2-4-6-15/h2-8,13-14,20H,9-12H2,1H3. The number of rotatable bonds is 6. The molecule has 2 aromatic rings. The minimum absolute atomic E-state index is 0.170. The zero-order chi connectivity index (χ0) is 20.4. The minimum atomic E-state index is -3.66. The van der Waals surface area contributed by atoms with E-state index < -0.39 is 20.0 Å². The van der Waals surface area contributed by atoms with Gasteiger partial charge in [0, 0.05) is 19.1 Å². The summed E-state index contributed by atoms with van der Waals surface area (Å²) in [5.74, 6) is 0.549. The van der Waals surface area contributed by atoms with Crippen LogP contribution < -0.4 is 9.46 Å². The molecule has 0 aliphatic carbocycles. The van der Waals surface area contributed by atoms with E-state index in [1.165, 1.54) is 35.7 Å². The van der Waals surface area contributed by atoms with Crippen LogP contribution in [0.1, 0.15) is 12.8 Å². The Morgan fingerprint density at radius 3 is 2.21 bits per heavy atom. The highest BCUT2D eigenvalue weighted by atomic mass is 79.9. The SMILES string of the molecule is COc1ccc(S(=O)(=O)N2CCC(NS(=O)(=O)c3ccccc3)CC2)cc1Br. The highest BCUT2D eigenvalue weighted by molar-refractivity contribution is 9.10. The largest absolute Gasteiger partial charge is 0.496 e. The summed E-state index contributed by atoms with van der Waals surface area (Å²) in [4.78, 5) is 0.372. The van der Waals surface area contributed by atoms with Crippen molar-refractivity contribution in [2.24, 2.45) is 0 Å². The Balaban J connectivity index is 1.67. The third kappa shape index (κ3) is 4.57. The van der Waals surface area contributed by atoms with Gasteiger partial charge in [-0.25, -0.2) is 21.6 Å². The van der Waals surface area contributed by atoms with Crippen LogP contribution in [0.3, 0.4) is 0 Å². The van der Waals surface area contributed by atoms with Gasteiger partial charge in [0.05, 0.1) is 21.4 Å². The van der Waals surface area contributed by atoms with Crippen LogP contribution in [0.4, 0.5) is 0 Å². The first-order valence-electron chi connectivity index (χ1n) is 8.65.